The molecule has 0 spiro atoms. The van der Waals surface area contributed by atoms with E-state index in [0.717, 1.165) is 13.0 Å². The molecule has 1 unspecified atom stereocenters. The fourth-order valence-corrected chi connectivity index (χ4v) is 2.74. The van der Waals surface area contributed by atoms with Crippen LogP contribution in [0.5, 0.6) is 0 Å². The molecule has 1 aliphatic rings. The topological polar surface area (TPSA) is 46.3 Å². The minimum Gasteiger partial charge on any atom is -0.368 e. The number of likely N-dealkylation sites (N-methyl/N-ethyl adjacent to an activating group) is 1. The Labute approximate surface area is 93.0 Å². The van der Waals surface area contributed by atoms with E-state index >= 15 is 0 Å². The molecule has 0 aromatic carbocycles. The van der Waals surface area contributed by atoms with Crippen LogP contribution in [-0.2, 0) is 4.79 Å². The standard InChI is InChI=1S/C12H24N2O/c1-3-11(12(13)15)14(4-2)10-8-6-5-7-9-10/h10-11H,3-9H2,1-2H3,(H2,13,15). The van der Waals surface area contributed by atoms with Crippen molar-refractivity contribution in [2.75, 3.05) is 6.54 Å². The largest absolute Gasteiger partial charge is 0.368 e. The lowest BCUT2D eigenvalue weighted by Gasteiger charge is -2.37. The number of hydrogen-bond acceptors (Lipinski definition) is 2. The summed E-state index contributed by atoms with van der Waals surface area (Å²) in [6.07, 6.45) is 7.25. The quantitative estimate of drug-likeness (QED) is 0.756. The summed E-state index contributed by atoms with van der Waals surface area (Å²) in [5.74, 6) is -0.162. The van der Waals surface area contributed by atoms with Gasteiger partial charge in [0.15, 0.2) is 0 Å². The van der Waals surface area contributed by atoms with E-state index in [2.05, 4.69) is 11.8 Å². The van der Waals surface area contributed by atoms with E-state index in [1.165, 1.54) is 32.1 Å². The zero-order valence-corrected chi connectivity index (χ0v) is 10.0. The summed E-state index contributed by atoms with van der Waals surface area (Å²) in [7, 11) is 0. The van der Waals surface area contributed by atoms with E-state index in [0.29, 0.717) is 6.04 Å². The second-order valence-corrected chi connectivity index (χ2v) is 4.45. The molecule has 1 fully saturated rings. The highest BCUT2D eigenvalue weighted by atomic mass is 16.1. The van der Waals surface area contributed by atoms with E-state index in [-0.39, 0.29) is 11.9 Å². The van der Waals surface area contributed by atoms with Crippen molar-refractivity contribution < 1.29 is 4.79 Å². The molecule has 1 rings (SSSR count). The van der Waals surface area contributed by atoms with Gasteiger partial charge in [-0.05, 0) is 25.8 Å². The molecule has 0 aromatic heterocycles. The van der Waals surface area contributed by atoms with Crippen molar-refractivity contribution in [3.63, 3.8) is 0 Å². The van der Waals surface area contributed by atoms with Crippen molar-refractivity contribution in [3.05, 3.63) is 0 Å². The molecule has 3 heteroatoms. The molecule has 1 saturated carbocycles. The van der Waals surface area contributed by atoms with Crippen LogP contribution in [0.3, 0.4) is 0 Å². The predicted octanol–water partition coefficient (Wildman–Crippen LogP) is 1.90. The number of amides is 1. The monoisotopic (exact) mass is 212 g/mol. The van der Waals surface area contributed by atoms with Crippen LogP contribution in [0, 0.1) is 0 Å². The van der Waals surface area contributed by atoms with Crippen LogP contribution >= 0.6 is 0 Å². The average molecular weight is 212 g/mol. The first-order valence-electron chi connectivity index (χ1n) is 6.25. The molecule has 1 aliphatic carbocycles. The van der Waals surface area contributed by atoms with Crippen molar-refractivity contribution in [1.82, 2.24) is 4.90 Å². The first-order chi connectivity index (χ1) is 7.20. The lowest BCUT2D eigenvalue weighted by Crippen LogP contribution is -2.50. The zero-order valence-electron chi connectivity index (χ0n) is 10.0. The Bertz CT molecular complexity index is 200. The van der Waals surface area contributed by atoms with Gasteiger partial charge in [-0.3, -0.25) is 9.69 Å². The fraction of sp³-hybridized carbons (Fsp3) is 0.917. The summed E-state index contributed by atoms with van der Waals surface area (Å²) < 4.78 is 0. The third-order valence-corrected chi connectivity index (χ3v) is 3.52. The van der Waals surface area contributed by atoms with Gasteiger partial charge >= 0.3 is 0 Å². The number of primary amides is 1. The van der Waals surface area contributed by atoms with Gasteiger partial charge in [0, 0.05) is 6.04 Å². The van der Waals surface area contributed by atoms with Crippen LogP contribution < -0.4 is 5.73 Å². The third kappa shape index (κ3) is 3.20. The predicted molar refractivity (Wildman–Crippen MR) is 62.5 cm³/mol. The highest BCUT2D eigenvalue weighted by molar-refractivity contribution is 5.79. The molecule has 0 aliphatic heterocycles. The summed E-state index contributed by atoms with van der Waals surface area (Å²) in [5.41, 5.74) is 5.45. The minimum atomic E-state index is -0.162. The first-order valence-corrected chi connectivity index (χ1v) is 6.25. The van der Waals surface area contributed by atoms with Crippen molar-refractivity contribution in [3.8, 4) is 0 Å². The summed E-state index contributed by atoms with van der Waals surface area (Å²) in [5, 5.41) is 0. The highest BCUT2D eigenvalue weighted by Gasteiger charge is 2.28. The maximum Gasteiger partial charge on any atom is 0.234 e. The highest BCUT2D eigenvalue weighted by Crippen LogP contribution is 2.24. The van der Waals surface area contributed by atoms with Crippen molar-refractivity contribution in [1.29, 1.82) is 0 Å². The number of carbonyl (C=O) groups is 1. The van der Waals surface area contributed by atoms with Crippen LogP contribution in [0.4, 0.5) is 0 Å². The average Bonchev–Trinajstić information content (AvgIpc) is 2.26. The molecule has 0 bridgehead atoms. The third-order valence-electron chi connectivity index (χ3n) is 3.52. The van der Waals surface area contributed by atoms with Crippen molar-refractivity contribution >= 4 is 5.91 Å². The fourth-order valence-electron chi connectivity index (χ4n) is 2.74. The molecule has 3 nitrogen and oxygen atoms in total. The molecule has 0 aromatic rings. The van der Waals surface area contributed by atoms with Gasteiger partial charge in [0.2, 0.25) is 5.91 Å². The Kier molecular flexibility index (Phi) is 5.09. The molecule has 0 heterocycles. The van der Waals surface area contributed by atoms with Crippen molar-refractivity contribution in [2.24, 2.45) is 5.73 Å². The lowest BCUT2D eigenvalue weighted by atomic mass is 9.92. The second kappa shape index (κ2) is 6.11. The smallest absolute Gasteiger partial charge is 0.234 e. The van der Waals surface area contributed by atoms with Gasteiger partial charge in [-0.1, -0.05) is 33.1 Å². The first kappa shape index (κ1) is 12.5. The molecule has 1 amide bonds. The maximum absolute atomic E-state index is 11.4. The Balaban J connectivity index is 2.62. The van der Waals surface area contributed by atoms with Gasteiger partial charge in [0.1, 0.15) is 0 Å². The van der Waals surface area contributed by atoms with E-state index < -0.39 is 0 Å². The second-order valence-electron chi connectivity index (χ2n) is 4.45. The minimum absolute atomic E-state index is 0.0573. The van der Waals surface area contributed by atoms with Gasteiger partial charge < -0.3 is 5.73 Å². The summed E-state index contributed by atoms with van der Waals surface area (Å²) in [6.45, 7) is 5.10. The van der Waals surface area contributed by atoms with Crippen LogP contribution in [0.15, 0.2) is 0 Å². The summed E-state index contributed by atoms with van der Waals surface area (Å²) in [4.78, 5) is 13.7. The zero-order chi connectivity index (χ0) is 11.3. The molecule has 15 heavy (non-hydrogen) atoms. The lowest BCUT2D eigenvalue weighted by molar-refractivity contribution is -0.124. The Hall–Kier alpha value is -0.570. The van der Waals surface area contributed by atoms with E-state index in [1.807, 2.05) is 6.92 Å². The van der Waals surface area contributed by atoms with E-state index in [9.17, 15) is 4.79 Å². The molecule has 2 N–H and O–H groups in total. The molecular formula is C12H24N2O. The Morgan fingerprint density at radius 3 is 2.33 bits per heavy atom. The SMILES string of the molecule is CCC(C(N)=O)N(CC)C1CCCCC1. The van der Waals surface area contributed by atoms with Crippen molar-refractivity contribution in [2.45, 2.75) is 64.5 Å². The van der Waals surface area contributed by atoms with Gasteiger partial charge in [-0.2, -0.15) is 0 Å². The number of nitrogens with two attached hydrogens (primary N) is 1. The number of rotatable bonds is 5. The van der Waals surface area contributed by atoms with Gasteiger partial charge in [0.05, 0.1) is 6.04 Å². The summed E-state index contributed by atoms with van der Waals surface area (Å²) in [6, 6.07) is 0.527. The molecular weight excluding hydrogens is 188 g/mol. The Morgan fingerprint density at radius 2 is 1.93 bits per heavy atom. The Morgan fingerprint density at radius 1 is 1.33 bits per heavy atom. The van der Waals surface area contributed by atoms with Crippen LogP contribution in [-0.4, -0.2) is 29.4 Å². The van der Waals surface area contributed by atoms with E-state index in [1.54, 1.807) is 0 Å². The van der Waals surface area contributed by atoms with Crippen LogP contribution in [0.25, 0.3) is 0 Å². The van der Waals surface area contributed by atoms with Gasteiger partial charge in [0.25, 0.3) is 0 Å². The van der Waals surface area contributed by atoms with Crippen LogP contribution in [0.1, 0.15) is 52.4 Å². The van der Waals surface area contributed by atoms with E-state index in [4.69, 9.17) is 5.73 Å². The maximum atomic E-state index is 11.4. The molecule has 0 saturated heterocycles. The number of nitrogens with zero attached hydrogens (tertiary/aromatic N) is 1. The van der Waals surface area contributed by atoms with Gasteiger partial charge in [-0.15, -0.1) is 0 Å². The molecule has 0 radical (unpaired) electrons. The molecule has 88 valence electrons. The van der Waals surface area contributed by atoms with Crippen LogP contribution in [0.2, 0.25) is 0 Å². The number of hydrogen-bond donors (Lipinski definition) is 1. The summed E-state index contributed by atoms with van der Waals surface area (Å²) >= 11 is 0. The van der Waals surface area contributed by atoms with Gasteiger partial charge in [-0.25, -0.2) is 0 Å². The molecule has 1 atom stereocenters. The number of carbonyl (C=O) groups excluding carboxylic acids is 1. The normalized spacial score (nSPS) is 20.5.